The smallest absolute Gasteiger partial charge is 0.339 e. The highest BCUT2D eigenvalue weighted by Crippen LogP contribution is 2.25. The fourth-order valence-electron chi connectivity index (χ4n) is 1.73. The molecule has 0 atom stereocenters. The van der Waals surface area contributed by atoms with Crippen LogP contribution in [0.5, 0.6) is 5.75 Å². The summed E-state index contributed by atoms with van der Waals surface area (Å²) >= 11 is 0. The summed E-state index contributed by atoms with van der Waals surface area (Å²) in [7, 11) is 1.38. The Morgan fingerprint density at radius 1 is 1.37 bits per heavy atom. The largest absolute Gasteiger partial charge is 0.494 e. The van der Waals surface area contributed by atoms with E-state index in [9.17, 15) is 9.18 Å². The van der Waals surface area contributed by atoms with E-state index in [0.29, 0.717) is 16.8 Å². The molecule has 1 aromatic heterocycles. The van der Waals surface area contributed by atoms with Crippen LogP contribution in [0, 0.1) is 12.7 Å². The number of carbonyl (C=O) groups is 1. The fourth-order valence-corrected chi connectivity index (χ4v) is 1.73. The first-order valence-corrected chi connectivity index (χ1v) is 5.56. The van der Waals surface area contributed by atoms with Gasteiger partial charge in [-0.25, -0.2) is 9.18 Å². The molecule has 5 heteroatoms. The second-order valence-corrected chi connectivity index (χ2v) is 4.04. The van der Waals surface area contributed by atoms with Crippen LogP contribution in [0.15, 0.2) is 30.5 Å². The minimum absolute atomic E-state index is 0.0227. The van der Waals surface area contributed by atoms with Gasteiger partial charge in [0.15, 0.2) is 5.75 Å². The van der Waals surface area contributed by atoms with Crippen LogP contribution in [0.2, 0.25) is 0 Å². The number of aromatic nitrogens is 1. The summed E-state index contributed by atoms with van der Waals surface area (Å²) < 4.78 is 18.1. The summed E-state index contributed by atoms with van der Waals surface area (Å²) in [5.74, 6) is -1.22. The summed E-state index contributed by atoms with van der Waals surface area (Å²) in [4.78, 5) is 15.2. The monoisotopic (exact) mass is 261 g/mol. The highest BCUT2D eigenvalue weighted by molar-refractivity contribution is 5.92. The lowest BCUT2D eigenvalue weighted by atomic mass is 10.1. The van der Waals surface area contributed by atoms with Crippen molar-refractivity contribution in [2.75, 3.05) is 7.11 Å². The normalized spacial score (nSPS) is 10.3. The number of aromatic carboxylic acids is 1. The molecule has 0 amide bonds. The first kappa shape index (κ1) is 13.0. The second kappa shape index (κ2) is 5.06. The summed E-state index contributed by atoms with van der Waals surface area (Å²) in [5.41, 5.74) is 1.62. The van der Waals surface area contributed by atoms with Crippen LogP contribution in [0.3, 0.4) is 0 Å². The van der Waals surface area contributed by atoms with Gasteiger partial charge >= 0.3 is 5.97 Å². The topological polar surface area (TPSA) is 59.4 Å². The first-order chi connectivity index (χ1) is 9.02. The number of benzene rings is 1. The molecule has 0 unspecified atom stereocenters. The SMILES string of the molecule is COc1cnc(-c2ccc(F)c(C)c2)cc1C(=O)O. The van der Waals surface area contributed by atoms with E-state index in [-0.39, 0.29) is 17.1 Å². The Labute approximate surface area is 109 Å². The minimum Gasteiger partial charge on any atom is -0.494 e. The van der Waals surface area contributed by atoms with Crippen molar-refractivity contribution < 1.29 is 19.0 Å². The number of hydrogen-bond donors (Lipinski definition) is 1. The number of halogens is 1. The quantitative estimate of drug-likeness (QED) is 0.922. The molecule has 0 saturated heterocycles. The molecule has 4 nitrogen and oxygen atoms in total. The predicted octanol–water partition coefficient (Wildman–Crippen LogP) is 2.90. The Morgan fingerprint density at radius 3 is 2.68 bits per heavy atom. The van der Waals surface area contributed by atoms with E-state index in [4.69, 9.17) is 9.84 Å². The Morgan fingerprint density at radius 2 is 2.11 bits per heavy atom. The molecule has 0 spiro atoms. The van der Waals surface area contributed by atoms with Gasteiger partial charge in [0.05, 0.1) is 19.0 Å². The summed E-state index contributed by atoms with van der Waals surface area (Å²) in [6, 6.07) is 5.92. The van der Waals surface area contributed by atoms with Gasteiger partial charge < -0.3 is 9.84 Å². The number of ether oxygens (including phenoxy) is 1. The molecular formula is C14H12FNO3. The molecule has 0 aliphatic carbocycles. The van der Waals surface area contributed by atoms with E-state index in [2.05, 4.69) is 4.98 Å². The standard InChI is InChI=1S/C14H12FNO3/c1-8-5-9(3-4-11(8)15)12-6-10(14(17)18)13(19-2)7-16-12/h3-7H,1-2H3,(H,17,18). The molecule has 19 heavy (non-hydrogen) atoms. The van der Waals surface area contributed by atoms with Gasteiger partial charge in [-0.2, -0.15) is 0 Å². The van der Waals surface area contributed by atoms with Crippen molar-refractivity contribution >= 4 is 5.97 Å². The van der Waals surface area contributed by atoms with E-state index in [0.717, 1.165) is 0 Å². The van der Waals surface area contributed by atoms with E-state index in [1.54, 1.807) is 19.1 Å². The van der Waals surface area contributed by atoms with Crippen LogP contribution >= 0.6 is 0 Å². The van der Waals surface area contributed by atoms with Crippen molar-refractivity contribution in [3.8, 4) is 17.0 Å². The Balaban J connectivity index is 2.53. The van der Waals surface area contributed by atoms with Gasteiger partial charge in [-0.05, 0) is 36.8 Å². The maximum Gasteiger partial charge on any atom is 0.339 e. The van der Waals surface area contributed by atoms with Crippen LogP contribution in [0.25, 0.3) is 11.3 Å². The lowest BCUT2D eigenvalue weighted by Crippen LogP contribution is -2.02. The zero-order valence-electron chi connectivity index (χ0n) is 10.5. The van der Waals surface area contributed by atoms with Gasteiger partial charge in [-0.1, -0.05) is 0 Å². The third kappa shape index (κ3) is 2.54. The zero-order chi connectivity index (χ0) is 14.0. The Kier molecular flexibility index (Phi) is 3.46. The second-order valence-electron chi connectivity index (χ2n) is 4.04. The van der Waals surface area contributed by atoms with Crippen LogP contribution in [-0.4, -0.2) is 23.2 Å². The fraction of sp³-hybridized carbons (Fsp3) is 0.143. The lowest BCUT2D eigenvalue weighted by molar-refractivity contribution is 0.0693. The van der Waals surface area contributed by atoms with Crippen molar-refractivity contribution in [3.05, 3.63) is 47.4 Å². The molecule has 0 fully saturated rings. The van der Waals surface area contributed by atoms with Crippen LogP contribution in [-0.2, 0) is 0 Å². The van der Waals surface area contributed by atoms with E-state index in [1.807, 2.05) is 0 Å². The molecule has 0 aliphatic rings. The highest BCUT2D eigenvalue weighted by atomic mass is 19.1. The Hall–Kier alpha value is -2.43. The minimum atomic E-state index is -1.10. The number of methoxy groups -OCH3 is 1. The maximum atomic E-state index is 13.2. The highest BCUT2D eigenvalue weighted by Gasteiger charge is 2.13. The molecule has 0 saturated carbocycles. The number of carboxylic acid groups (broad SMARTS) is 1. The molecule has 2 rings (SSSR count). The number of aryl methyl sites for hydroxylation is 1. The van der Waals surface area contributed by atoms with E-state index in [1.165, 1.54) is 25.4 Å². The first-order valence-electron chi connectivity index (χ1n) is 5.56. The van der Waals surface area contributed by atoms with Gasteiger partial charge in [0, 0.05) is 5.56 Å². The summed E-state index contributed by atoms with van der Waals surface area (Å²) in [5, 5.41) is 9.10. The number of carboxylic acids is 1. The third-order valence-electron chi connectivity index (χ3n) is 2.77. The zero-order valence-corrected chi connectivity index (χ0v) is 10.5. The Bertz CT molecular complexity index is 641. The van der Waals surface area contributed by atoms with E-state index < -0.39 is 5.97 Å². The molecule has 1 aromatic carbocycles. The molecule has 0 radical (unpaired) electrons. The molecule has 2 aromatic rings. The number of nitrogens with zero attached hydrogens (tertiary/aromatic N) is 1. The molecule has 1 N–H and O–H groups in total. The third-order valence-corrected chi connectivity index (χ3v) is 2.77. The number of hydrogen-bond acceptors (Lipinski definition) is 3. The van der Waals surface area contributed by atoms with Crippen LogP contribution < -0.4 is 4.74 Å². The predicted molar refractivity (Wildman–Crippen MR) is 67.9 cm³/mol. The average molecular weight is 261 g/mol. The molecule has 0 aliphatic heterocycles. The van der Waals surface area contributed by atoms with Gasteiger partial charge in [0.1, 0.15) is 11.4 Å². The average Bonchev–Trinajstić information content (AvgIpc) is 2.41. The molecule has 0 bridgehead atoms. The molecule has 1 heterocycles. The van der Waals surface area contributed by atoms with E-state index >= 15 is 0 Å². The van der Waals surface area contributed by atoms with Crippen molar-refractivity contribution in [1.29, 1.82) is 0 Å². The van der Waals surface area contributed by atoms with Gasteiger partial charge in [-0.3, -0.25) is 4.98 Å². The van der Waals surface area contributed by atoms with Crippen molar-refractivity contribution in [2.45, 2.75) is 6.92 Å². The maximum absolute atomic E-state index is 13.2. The number of pyridine rings is 1. The van der Waals surface area contributed by atoms with Crippen molar-refractivity contribution in [2.24, 2.45) is 0 Å². The number of rotatable bonds is 3. The van der Waals surface area contributed by atoms with Gasteiger partial charge in [0.25, 0.3) is 0 Å². The molecule has 98 valence electrons. The molecular weight excluding hydrogens is 249 g/mol. The van der Waals surface area contributed by atoms with Crippen molar-refractivity contribution in [1.82, 2.24) is 4.98 Å². The van der Waals surface area contributed by atoms with Gasteiger partial charge in [-0.15, -0.1) is 0 Å². The summed E-state index contributed by atoms with van der Waals surface area (Å²) in [6.45, 7) is 1.64. The van der Waals surface area contributed by atoms with Crippen molar-refractivity contribution in [3.63, 3.8) is 0 Å². The lowest BCUT2D eigenvalue weighted by Gasteiger charge is -2.08. The van der Waals surface area contributed by atoms with Gasteiger partial charge in [0.2, 0.25) is 0 Å². The summed E-state index contributed by atoms with van der Waals surface area (Å²) in [6.07, 6.45) is 1.34. The van der Waals surface area contributed by atoms with Crippen LogP contribution in [0.4, 0.5) is 4.39 Å². The van der Waals surface area contributed by atoms with Crippen LogP contribution in [0.1, 0.15) is 15.9 Å².